The Kier molecular flexibility index (Phi) is 4.54. The van der Waals surface area contributed by atoms with Crippen LogP contribution in [0.4, 0.5) is 5.69 Å². The summed E-state index contributed by atoms with van der Waals surface area (Å²) in [5.74, 6) is -0.702. The molecule has 0 aliphatic rings. The molecule has 1 amide bonds. The molecule has 0 aromatic heterocycles. The molecule has 19 heavy (non-hydrogen) atoms. The molecule has 0 saturated carbocycles. The number of aryl methyl sites for hydroxylation is 2. The first-order valence-electron chi connectivity index (χ1n) is 5.72. The Morgan fingerprint density at radius 3 is 2.32 bits per heavy atom. The van der Waals surface area contributed by atoms with E-state index in [4.69, 9.17) is 5.73 Å². The zero-order chi connectivity index (χ0) is 14.8. The van der Waals surface area contributed by atoms with E-state index in [0.717, 1.165) is 19.7 Å². The maximum atomic E-state index is 12.3. The third-order valence-electron chi connectivity index (χ3n) is 2.67. The van der Waals surface area contributed by atoms with E-state index in [-0.39, 0.29) is 6.54 Å². The number of hydrogen-bond acceptors (Lipinski definition) is 3. The molecule has 0 aliphatic heterocycles. The lowest BCUT2D eigenvalue weighted by molar-refractivity contribution is -0.116. The van der Waals surface area contributed by atoms with E-state index in [1.807, 2.05) is 19.1 Å². The number of primary amides is 1. The molecule has 7 heteroatoms. The van der Waals surface area contributed by atoms with Gasteiger partial charge in [0, 0.05) is 14.1 Å². The second-order valence-electron chi connectivity index (χ2n) is 4.55. The van der Waals surface area contributed by atoms with Gasteiger partial charge < -0.3 is 5.73 Å². The Morgan fingerprint density at radius 1 is 1.26 bits per heavy atom. The Labute approximate surface area is 114 Å². The zero-order valence-corrected chi connectivity index (χ0v) is 12.4. The molecule has 6 nitrogen and oxygen atoms in total. The molecular weight excluding hydrogens is 266 g/mol. The second-order valence-corrected chi connectivity index (χ2v) is 6.62. The van der Waals surface area contributed by atoms with Crippen LogP contribution in [0.3, 0.4) is 0 Å². The monoisotopic (exact) mass is 285 g/mol. The Hall–Kier alpha value is -1.60. The number of anilines is 1. The predicted octanol–water partition coefficient (Wildman–Crippen LogP) is 0.402. The molecule has 0 radical (unpaired) electrons. The highest BCUT2D eigenvalue weighted by Gasteiger charge is 2.27. The quantitative estimate of drug-likeness (QED) is 0.850. The molecule has 0 aliphatic carbocycles. The van der Waals surface area contributed by atoms with Gasteiger partial charge in [-0.2, -0.15) is 12.7 Å². The number of carbonyl (C=O) groups excluding carboxylic acids is 1. The van der Waals surface area contributed by atoms with Crippen LogP contribution in [0.25, 0.3) is 0 Å². The van der Waals surface area contributed by atoms with E-state index in [2.05, 4.69) is 0 Å². The Balaban J connectivity index is 3.40. The van der Waals surface area contributed by atoms with E-state index >= 15 is 0 Å². The number of hydrogen-bond donors (Lipinski definition) is 1. The summed E-state index contributed by atoms with van der Waals surface area (Å²) in [5, 5.41) is 0. The van der Waals surface area contributed by atoms with Gasteiger partial charge in [-0.15, -0.1) is 0 Å². The van der Waals surface area contributed by atoms with Crippen molar-refractivity contribution in [3.05, 3.63) is 29.3 Å². The number of carbonyl (C=O) groups is 1. The van der Waals surface area contributed by atoms with Crippen LogP contribution in [0.2, 0.25) is 0 Å². The fourth-order valence-corrected chi connectivity index (χ4v) is 2.75. The van der Waals surface area contributed by atoms with Crippen LogP contribution < -0.4 is 10.0 Å². The minimum atomic E-state index is -3.76. The number of amides is 1. The van der Waals surface area contributed by atoms with Crippen LogP contribution in [0.5, 0.6) is 0 Å². The first kappa shape index (κ1) is 15.5. The van der Waals surface area contributed by atoms with Crippen molar-refractivity contribution < 1.29 is 13.2 Å². The molecule has 106 valence electrons. The SMILES string of the molecule is Cc1ccc(C)c(N(CC(N)=O)S(=O)(=O)N(C)C)c1. The van der Waals surface area contributed by atoms with Gasteiger partial charge in [0.2, 0.25) is 5.91 Å². The van der Waals surface area contributed by atoms with E-state index in [0.29, 0.717) is 5.69 Å². The molecule has 1 rings (SSSR count). The standard InChI is InChI=1S/C12H19N3O3S/c1-9-5-6-10(2)11(7-9)15(8-12(13)16)19(17,18)14(3)4/h5-7H,8H2,1-4H3,(H2,13,16). The van der Waals surface area contributed by atoms with Crippen LogP contribution >= 0.6 is 0 Å². The fraction of sp³-hybridized carbons (Fsp3) is 0.417. The Bertz CT molecular complexity index is 582. The van der Waals surface area contributed by atoms with Gasteiger partial charge >= 0.3 is 10.2 Å². The summed E-state index contributed by atoms with van der Waals surface area (Å²) < 4.78 is 26.6. The third-order valence-corrected chi connectivity index (χ3v) is 4.48. The zero-order valence-electron chi connectivity index (χ0n) is 11.5. The first-order chi connectivity index (χ1) is 8.66. The average molecular weight is 285 g/mol. The summed E-state index contributed by atoms with van der Waals surface area (Å²) >= 11 is 0. The smallest absolute Gasteiger partial charge is 0.304 e. The van der Waals surface area contributed by atoms with Gasteiger partial charge in [-0.05, 0) is 31.0 Å². The van der Waals surface area contributed by atoms with Crippen LogP contribution in [-0.4, -0.2) is 39.3 Å². The lowest BCUT2D eigenvalue weighted by atomic mass is 10.1. The molecule has 0 fully saturated rings. The van der Waals surface area contributed by atoms with Crippen molar-refractivity contribution in [2.24, 2.45) is 5.73 Å². The topological polar surface area (TPSA) is 83.7 Å². The molecule has 0 unspecified atom stereocenters. The maximum Gasteiger partial charge on any atom is 0.304 e. The van der Waals surface area contributed by atoms with E-state index in [1.165, 1.54) is 14.1 Å². The number of nitrogens with two attached hydrogens (primary N) is 1. The van der Waals surface area contributed by atoms with E-state index in [9.17, 15) is 13.2 Å². The minimum absolute atomic E-state index is 0.384. The van der Waals surface area contributed by atoms with Crippen molar-refractivity contribution >= 4 is 21.8 Å². The van der Waals surface area contributed by atoms with Gasteiger partial charge in [-0.1, -0.05) is 12.1 Å². The predicted molar refractivity (Wildman–Crippen MR) is 75.1 cm³/mol. The van der Waals surface area contributed by atoms with Crippen molar-refractivity contribution in [3.63, 3.8) is 0 Å². The third kappa shape index (κ3) is 3.45. The van der Waals surface area contributed by atoms with Gasteiger partial charge in [0.15, 0.2) is 0 Å². The van der Waals surface area contributed by atoms with E-state index < -0.39 is 16.1 Å². The van der Waals surface area contributed by atoms with Gasteiger partial charge in [-0.25, -0.2) is 4.31 Å². The molecule has 1 aromatic rings. The summed E-state index contributed by atoms with van der Waals surface area (Å²) in [5.41, 5.74) is 7.29. The summed E-state index contributed by atoms with van der Waals surface area (Å²) in [4.78, 5) is 11.1. The summed E-state index contributed by atoms with van der Waals surface area (Å²) in [6.45, 7) is 3.26. The first-order valence-corrected chi connectivity index (χ1v) is 7.11. The van der Waals surface area contributed by atoms with Gasteiger partial charge in [0.05, 0.1) is 5.69 Å². The normalized spacial score (nSPS) is 11.6. The van der Waals surface area contributed by atoms with Gasteiger partial charge in [0.1, 0.15) is 6.54 Å². The number of rotatable bonds is 5. The van der Waals surface area contributed by atoms with E-state index in [1.54, 1.807) is 13.0 Å². The van der Waals surface area contributed by atoms with Crippen molar-refractivity contribution in [2.45, 2.75) is 13.8 Å². The van der Waals surface area contributed by atoms with Crippen molar-refractivity contribution in [2.75, 3.05) is 24.9 Å². The summed E-state index contributed by atoms with van der Waals surface area (Å²) in [6, 6.07) is 5.41. The number of benzene rings is 1. The summed E-state index contributed by atoms with van der Waals surface area (Å²) in [6.07, 6.45) is 0. The number of nitrogens with zero attached hydrogens (tertiary/aromatic N) is 2. The highest BCUT2D eigenvalue weighted by molar-refractivity contribution is 7.90. The lowest BCUT2D eigenvalue weighted by Crippen LogP contribution is -2.44. The van der Waals surface area contributed by atoms with Crippen LogP contribution in [-0.2, 0) is 15.0 Å². The highest BCUT2D eigenvalue weighted by atomic mass is 32.2. The molecular formula is C12H19N3O3S. The molecule has 1 aromatic carbocycles. The lowest BCUT2D eigenvalue weighted by Gasteiger charge is -2.27. The molecule has 0 spiro atoms. The Morgan fingerprint density at radius 2 is 1.84 bits per heavy atom. The largest absolute Gasteiger partial charge is 0.368 e. The van der Waals surface area contributed by atoms with Crippen LogP contribution in [0.15, 0.2) is 18.2 Å². The second kappa shape index (κ2) is 5.58. The van der Waals surface area contributed by atoms with Gasteiger partial charge in [-0.3, -0.25) is 4.79 Å². The van der Waals surface area contributed by atoms with Crippen molar-refractivity contribution in [3.8, 4) is 0 Å². The molecule has 0 atom stereocenters. The molecule has 0 bridgehead atoms. The van der Waals surface area contributed by atoms with Crippen LogP contribution in [0.1, 0.15) is 11.1 Å². The fourth-order valence-electron chi connectivity index (χ4n) is 1.62. The van der Waals surface area contributed by atoms with Crippen molar-refractivity contribution in [1.82, 2.24) is 4.31 Å². The minimum Gasteiger partial charge on any atom is -0.368 e. The maximum absolute atomic E-state index is 12.3. The molecule has 2 N–H and O–H groups in total. The summed E-state index contributed by atoms with van der Waals surface area (Å²) in [7, 11) is -0.938. The van der Waals surface area contributed by atoms with Crippen LogP contribution in [0, 0.1) is 13.8 Å². The molecule has 0 heterocycles. The molecule has 0 saturated heterocycles. The van der Waals surface area contributed by atoms with Crippen molar-refractivity contribution in [1.29, 1.82) is 0 Å². The average Bonchev–Trinajstić information content (AvgIpc) is 2.29. The highest BCUT2D eigenvalue weighted by Crippen LogP contribution is 2.24. The van der Waals surface area contributed by atoms with Gasteiger partial charge in [0.25, 0.3) is 0 Å².